The van der Waals surface area contributed by atoms with Crippen LogP contribution < -0.4 is 0 Å². The van der Waals surface area contributed by atoms with Crippen molar-refractivity contribution >= 4 is 11.8 Å². The third-order valence-corrected chi connectivity index (χ3v) is 3.90. The average Bonchev–Trinajstić information content (AvgIpc) is 2.63. The van der Waals surface area contributed by atoms with Crippen molar-refractivity contribution in [2.45, 2.75) is 18.9 Å². The molecule has 2 unspecified atom stereocenters. The lowest BCUT2D eigenvalue weighted by atomic mass is 9.99. The highest BCUT2D eigenvalue weighted by molar-refractivity contribution is 7.99. The van der Waals surface area contributed by atoms with E-state index in [9.17, 15) is 5.11 Å². The first-order chi connectivity index (χ1) is 6.86. The Bertz CT molecular complexity index is 278. The maximum atomic E-state index is 9.63. The fourth-order valence-electron chi connectivity index (χ4n) is 1.74. The van der Waals surface area contributed by atoms with E-state index in [-0.39, 0.29) is 6.10 Å². The van der Waals surface area contributed by atoms with Crippen LogP contribution in [0.3, 0.4) is 0 Å². The van der Waals surface area contributed by atoms with Crippen molar-refractivity contribution in [2.75, 3.05) is 11.5 Å². The first kappa shape index (κ1) is 9.99. The van der Waals surface area contributed by atoms with Gasteiger partial charge in [0.2, 0.25) is 0 Å². The number of aliphatic hydroxyl groups is 1. The molecule has 1 aromatic heterocycles. The molecule has 2 rings (SSSR count). The van der Waals surface area contributed by atoms with Gasteiger partial charge in [0.15, 0.2) is 0 Å². The van der Waals surface area contributed by atoms with Gasteiger partial charge < -0.3 is 5.11 Å². The Morgan fingerprint density at radius 3 is 3.00 bits per heavy atom. The Hall–Kier alpha value is -0.540. The van der Waals surface area contributed by atoms with Crippen LogP contribution in [-0.4, -0.2) is 27.7 Å². The second-order valence-electron chi connectivity index (χ2n) is 3.72. The molecule has 0 radical (unpaired) electrons. The van der Waals surface area contributed by atoms with Crippen molar-refractivity contribution in [2.24, 2.45) is 5.92 Å². The minimum atomic E-state index is -0.0938. The molecule has 0 bridgehead atoms. The molecular weight excluding hydrogens is 194 g/mol. The van der Waals surface area contributed by atoms with Crippen LogP contribution in [0.2, 0.25) is 0 Å². The van der Waals surface area contributed by atoms with Gasteiger partial charge in [-0.1, -0.05) is 6.07 Å². The summed E-state index contributed by atoms with van der Waals surface area (Å²) in [4.78, 5) is 4.28. The summed E-state index contributed by atoms with van der Waals surface area (Å²) in [6, 6.07) is 6.00. The molecule has 1 fully saturated rings. The van der Waals surface area contributed by atoms with Crippen molar-refractivity contribution in [3.05, 3.63) is 30.1 Å². The smallest absolute Gasteiger partial charge is 0.0666 e. The summed E-state index contributed by atoms with van der Waals surface area (Å²) in [7, 11) is 0. The van der Waals surface area contributed by atoms with E-state index >= 15 is 0 Å². The fraction of sp³-hybridized carbons (Fsp3) is 0.545. The Balaban J connectivity index is 1.82. The van der Waals surface area contributed by atoms with Gasteiger partial charge in [-0.2, -0.15) is 11.8 Å². The molecular formula is C11H15NOS. The van der Waals surface area contributed by atoms with Crippen molar-refractivity contribution in [1.29, 1.82) is 0 Å². The Morgan fingerprint density at radius 1 is 1.43 bits per heavy atom. The van der Waals surface area contributed by atoms with E-state index in [0.717, 1.165) is 30.0 Å². The van der Waals surface area contributed by atoms with Gasteiger partial charge >= 0.3 is 0 Å². The van der Waals surface area contributed by atoms with E-state index in [0.29, 0.717) is 5.92 Å². The van der Waals surface area contributed by atoms with Crippen LogP contribution in [0.25, 0.3) is 0 Å². The maximum Gasteiger partial charge on any atom is 0.0666 e. The SMILES string of the molecule is OC1CSCC1CCc1ccccn1. The van der Waals surface area contributed by atoms with E-state index in [1.54, 1.807) is 0 Å². The third-order valence-electron chi connectivity index (χ3n) is 2.66. The fourth-order valence-corrected chi connectivity index (χ4v) is 3.08. The molecule has 0 amide bonds. The van der Waals surface area contributed by atoms with Gasteiger partial charge in [-0.15, -0.1) is 0 Å². The summed E-state index contributed by atoms with van der Waals surface area (Å²) in [5, 5.41) is 9.63. The lowest BCUT2D eigenvalue weighted by Gasteiger charge is -2.12. The standard InChI is InChI=1S/C11H15NOS/c13-11-8-14-7-9(11)4-5-10-3-1-2-6-12-10/h1-3,6,9,11,13H,4-5,7-8H2. The topological polar surface area (TPSA) is 33.1 Å². The van der Waals surface area contributed by atoms with Gasteiger partial charge in [-0.3, -0.25) is 4.98 Å². The van der Waals surface area contributed by atoms with Crippen molar-refractivity contribution < 1.29 is 5.11 Å². The van der Waals surface area contributed by atoms with Gasteiger partial charge in [-0.05, 0) is 36.6 Å². The number of nitrogens with zero attached hydrogens (tertiary/aromatic N) is 1. The number of aryl methyl sites for hydroxylation is 1. The van der Waals surface area contributed by atoms with Crippen LogP contribution in [0.4, 0.5) is 0 Å². The van der Waals surface area contributed by atoms with E-state index in [2.05, 4.69) is 11.1 Å². The highest BCUT2D eigenvalue weighted by Crippen LogP contribution is 2.27. The van der Waals surface area contributed by atoms with Crippen LogP contribution in [0.15, 0.2) is 24.4 Å². The summed E-state index contributed by atoms with van der Waals surface area (Å²) in [6.07, 6.45) is 3.78. The number of aliphatic hydroxyl groups excluding tert-OH is 1. The van der Waals surface area contributed by atoms with E-state index in [4.69, 9.17) is 0 Å². The van der Waals surface area contributed by atoms with Crippen molar-refractivity contribution in [1.82, 2.24) is 4.98 Å². The lowest BCUT2D eigenvalue weighted by molar-refractivity contribution is 0.145. The highest BCUT2D eigenvalue weighted by Gasteiger charge is 2.25. The molecule has 14 heavy (non-hydrogen) atoms. The van der Waals surface area contributed by atoms with Crippen LogP contribution in [0.5, 0.6) is 0 Å². The molecule has 0 spiro atoms. The number of hydrogen-bond donors (Lipinski definition) is 1. The first-order valence-electron chi connectivity index (χ1n) is 5.02. The number of pyridine rings is 1. The molecule has 0 aliphatic carbocycles. The Kier molecular flexibility index (Phi) is 3.43. The molecule has 1 N–H and O–H groups in total. The van der Waals surface area contributed by atoms with Crippen LogP contribution in [0, 0.1) is 5.92 Å². The molecule has 2 atom stereocenters. The van der Waals surface area contributed by atoms with Gasteiger partial charge in [-0.25, -0.2) is 0 Å². The minimum Gasteiger partial charge on any atom is -0.392 e. The molecule has 1 saturated heterocycles. The molecule has 0 saturated carbocycles. The molecule has 0 aromatic carbocycles. The Morgan fingerprint density at radius 2 is 2.36 bits per heavy atom. The minimum absolute atomic E-state index is 0.0938. The van der Waals surface area contributed by atoms with E-state index in [1.165, 1.54) is 0 Å². The third kappa shape index (κ3) is 2.49. The molecule has 3 heteroatoms. The second-order valence-corrected chi connectivity index (χ2v) is 4.80. The highest BCUT2D eigenvalue weighted by atomic mass is 32.2. The number of hydrogen-bond acceptors (Lipinski definition) is 3. The van der Waals surface area contributed by atoms with Crippen LogP contribution in [0.1, 0.15) is 12.1 Å². The molecule has 76 valence electrons. The normalized spacial score (nSPS) is 26.6. The predicted molar refractivity (Wildman–Crippen MR) is 59.4 cm³/mol. The summed E-state index contributed by atoms with van der Waals surface area (Å²) < 4.78 is 0. The maximum absolute atomic E-state index is 9.63. The van der Waals surface area contributed by atoms with Gasteiger partial charge in [0.05, 0.1) is 6.10 Å². The zero-order valence-corrected chi connectivity index (χ0v) is 8.91. The largest absolute Gasteiger partial charge is 0.392 e. The van der Waals surface area contributed by atoms with Gasteiger partial charge in [0.25, 0.3) is 0 Å². The predicted octanol–water partition coefficient (Wildman–Crippen LogP) is 1.74. The van der Waals surface area contributed by atoms with Crippen molar-refractivity contribution in [3.63, 3.8) is 0 Å². The molecule has 1 aliphatic rings. The average molecular weight is 209 g/mol. The summed E-state index contributed by atoms with van der Waals surface area (Å²) in [6.45, 7) is 0. The Labute approximate surface area is 88.8 Å². The summed E-state index contributed by atoms with van der Waals surface area (Å²) >= 11 is 1.86. The summed E-state index contributed by atoms with van der Waals surface area (Å²) in [5.41, 5.74) is 1.14. The zero-order chi connectivity index (χ0) is 9.80. The number of aromatic nitrogens is 1. The van der Waals surface area contributed by atoms with Crippen molar-refractivity contribution in [3.8, 4) is 0 Å². The molecule has 1 aliphatic heterocycles. The first-order valence-corrected chi connectivity index (χ1v) is 6.17. The summed E-state index contributed by atoms with van der Waals surface area (Å²) in [5.74, 6) is 2.49. The van der Waals surface area contributed by atoms with Gasteiger partial charge in [0.1, 0.15) is 0 Å². The van der Waals surface area contributed by atoms with E-state index in [1.807, 2.05) is 30.1 Å². The second kappa shape index (κ2) is 4.80. The quantitative estimate of drug-likeness (QED) is 0.823. The van der Waals surface area contributed by atoms with E-state index < -0.39 is 0 Å². The van der Waals surface area contributed by atoms with Gasteiger partial charge in [0, 0.05) is 17.6 Å². The molecule has 2 heterocycles. The molecule has 1 aromatic rings. The molecule has 2 nitrogen and oxygen atoms in total. The van der Waals surface area contributed by atoms with Crippen LogP contribution >= 0.6 is 11.8 Å². The number of rotatable bonds is 3. The van der Waals surface area contributed by atoms with Crippen LogP contribution in [-0.2, 0) is 6.42 Å². The lowest BCUT2D eigenvalue weighted by Crippen LogP contribution is -2.18. The zero-order valence-electron chi connectivity index (χ0n) is 8.10. The monoisotopic (exact) mass is 209 g/mol. The number of thioether (sulfide) groups is 1.